The van der Waals surface area contributed by atoms with E-state index in [0.29, 0.717) is 25.9 Å². The first-order chi connectivity index (χ1) is 24.0. The largest absolute Gasteiger partial charge is 0.466 e. The Morgan fingerprint density at radius 3 is 1.49 bits per heavy atom. The van der Waals surface area contributed by atoms with Gasteiger partial charge in [-0.3, -0.25) is 9.59 Å². The van der Waals surface area contributed by atoms with Crippen molar-refractivity contribution in [3.63, 3.8) is 0 Å². The number of ether oxygens (including phenoxy) is 1. The van der Waals surface area contributed by atoms with Gasteiger partial charge in [0, 0.05) is 12.8 Å². The van der Waals surface area contributed by atoms with E-state index < -0.39 is 12.1 Å². The Hall–Kier alpha value is -1.66. The third-order valence-electron chi connectivity index (χ3n) is 9.47. The number of hydrogen-bond acceptors (Lipinski definition) is 5. The van der Waals surface area contributed by atoms with Gasteiger partial charge < -0.3 is 20.3 Å². The zero-order valence-electron chi connectivity index (χ0n) is 32.4. The first-order valence-electron chi connectivity index (χ1n) is 21.1. The molecule has 0 aliphatic carbocycles. The highest BCUT2D eigenvalue weighted by Gasteiger charge is 2.20. The number of aliphatic hydroxyl groups excluding tert-OH is 2. The summed E-state index contributed by atoms with van der Waals surface area (Å²) in [6.07, 6.45) is 42.7. The van der Waals surface area contributed by atoms with Crippen LogP contribution in [0.4, 0.5) is 0 Å². The topological polar surface area (TPSA) is 95.9 Å². The average molecular weight is 692 g/mol. The second-order valence-corrected chi connectivity index (χ2v) is 14.3. The minimum atomic E-state index is -0.679. The standard InChI is InChI=1S/C43H81NO5/c1-3-5-7-9-11-13-14-17-21-25-29-33-37-43(48)49-38-34-30-26-22-18-15-16-20-24-28-32-36-42(47)44-40(39-45)41(46)35-31-27-23-19-12-10-8-6-4-2/h11,13,18,22,40-41,45-46H,3-10,12,14-17,19-21,23-39H2,1-2H3,(H,44,47)/b13-11-,22-18-. The third-order valence-corrected chi connectivity index (χ3v) is 9.47. The van der Waals surface area contributed by atoms with Crippen LogP contribution >= 0.6 is 0 Å². The smallest absolute Gasteiger partial charge is 0.305 e. The molecule has 0 aliphatic heterocycles. The van der Waals surface area contributed by atoms with Gasteiger partial charge in [-0.2, -0.15) is 0 Å². The van der Waals surface area contributed by atoms with Gasteiger partial charge in [0.1, 0.15) is 0 Å². The Balaban J connectivity index is 3.54. The predicted molar refractivity (Wildman–Crippen MR) is 209 cm³/mol. The Morgan fingerprint density at radius 1 is 0.551 bits per heavy atom. The predicted octanol–water partition coefficient (Wildman–Crippen LogP) is 11.6. The van der Waals surface area contributed by atoms with Crippen molar-refractivity contribution in [3.05, 3.63) is 24.3 Å². The molecule has 49 heavy (non-hydrogen) atoms. The summed E-state index contributed by atoms with van der Waals surface area (Å²) in [5.41, 5.74) is 0. The number of rotatable bonds is 38. The number of carbonyl (C=O) groups excluding carboxylic acids is 2. The van der Waals surface area contributed by atoms with Crippen LogP contribution < -0.4 is 5.32 Å². The number of amides is 1. The lowest BCUT2D eigenvalue weighted by Gasteiger charge is -2.22. The van der Waals surface area contributed by atoms with Crippen molar-refractivity contribution in [3.8, 4) is 0 Å². The highest BCUT2D eigenvalue weighted by molar-refractivity contribution is 5.76. The van der Waals surface area contributed by atoms with Crippen molar-refractivity contribution >= 4 is 11.9 Å². The number of allylic oxidation sites excluding steroid dienone is 4. The van der Waals surface area contributed by atoms with E-state index in [0.717, 1.165) is 83.5 Å². The Labute approximate surface area is 303 Å². The molecule has 0 radical (unpaired) electrons. The maximum Gasteiger partial charge on any atom is 0.305 e. The molecule has 2 atom stereocenters. The van der Waals surface area contributed by atoms with Gasteiger partial charge >= 0.3 is 5.97 Å². The fourth-order valence-corrected chi connectivity index (χ4v) is 6.15. The van der Waals surface area contributed by atoms with Gasteiger partial charge in [0.05, 0.1) is 25.4 Å². The maximum absolute atomic E-state index is 12.3. The van der Waals surface area contributed by atoms with Crippen LogP contribution in [0.2, 0.25) is 0 Å². The van der Waals surface area contributed by atoms with Gasteiger partial charge in [0.15, 0.2) is 0 Å². The van der Waals surface area contributed by atoms with Crippen LogP contribution in [0, 0.1) is 0 Å². The third kappa shape index (κ3) is 36.0. The summed E-state index contributed by atoms with van der Waals surface area (Å²) in [5, 5.41) is 23.0. The molecule has 0 aromatic heterocycles. The fourth-order valence-electron chi connectivity index (χ4n) is 6.15. The number of aliphatic hydroxyl groups is 2. The molecule has 1 amide bonds. The van der Waals surface area contributed by atoms with E-state index in [-0.39, 0.29) is 18.5 Å². The molecule has 0 aromatic rings. The van der Waals surface area contributed by atoms with E-state index in [1.54, 1.807) is 0 Å². The van der Waals surface area contributed by atoms with E-state index in [1.165, 1.54) is 96.3 Å². The molecule has 0 saturated heterocycles. The molecule has 2 unspecified atom stereocenters. The minimum Gasteiger partial charge on any atom is -0.466 e. The van der Waals surface area contributed by atoms with Crippen LogP contribution in [0.15, 0.2) is 24.3 Å². The summed E-state index contributed by atoms with van der Waals surface area (Å²) >= 11 is 0. The van der Waals surface area contributed by atoms with Crippen LogP contribution in [-0.4, -0.2) is 47.4 Å². The number of hydrogen-bond donors (Lipinski definition) is 3. The van der Waals surface area contributed by atoms with Gasteiger partial charge in [-0.15, -0.1) is 0 Å². The molecule has 288 valence electrons. The first kappa shape index (κ1) is 47.3. The molecule has 6 nitrogen and oxygen atoms in total. The van der Waals surface area contributed by atoms with Crippen LogP contribution in [-0.2, 0) is 14.3 Å². The number of nitrogens with one attached hydrogen (secondary N) is 1. The molecule has 0 heterocycles. The molecule has 6 heteroatoms. The monoisotopic (exact) mass is 692 g/mol. The second kappa shape index (κ2) is 39.1. The normalized spacial score (nSPS) is 13.0. The molecule has 0 saturated carbocycles. The van der Waals surface area contributed by atoms with Gasteiger partial charge in [-0.1, -0.05) is 147 Å². The number of unbranched alkanes of at least 4 members (excludes halogenated alkanes) is 23. The quantitative estimate of drug-likeness (QED) is 0.0340. The van der Waals surface area contributed by atoms with Gasteiger partial charge in [0.25, 0.3) is 0 Å². The van der Waals surface area contributed by atoms with Crippen LogP contribution in [0.1, 0.15) is 213 Å². The zero-order valence-corrected chi connectivity index (χ0v) is 32.4. The van der Waals surface area contributed by atoms with Crippen molar-refractivity contribution in [2.45, 2.75) is 225 Å². The van der Waals surface area contributed by atoms with Crippen molar-refractivity contribution in [1.82, 2.24) is 5.32 Å². The van der Waals surface area contributed by atoms with Gasteiger partial charge in [0.2, 0.25) is 5.91 Å². The number of esters is 1. The maximum atomic E-state index is 12.3. The zero-order chi connectivity index (χ0) is 35.9. The summed E-state index contributed by atoms with van der Waals surface area (Å²) in [6, 6.07) is -0.560. The van der Waals surface area contributed by atoms with Crippen LogP contribution in [0.3, 0.4) is 0 Å². The molecular weight excluding hydrogens is 610 g/mol. The molecule has 0 fully saturated rings. The molecule has 0 bridgehead atoms. The molecule has 3 N–H and O–H groups in total. The SMILES string of the molecule is CCCCC/C=C\CCCCCCCC(=O)OCCCC/C=C\CCCCCCCC(=O)NC(CO)C(O)CCCCCCCCCCC. The van der Waals surface area contributed by atoms with Crippen LogP contribution in [0.5, 0.6) is 0 Å². The Bertz CT molecular complexity index is 767. The number of carbonyl (C=O) groups is 2. The summed E-state index contributed by atoms with van der Waals surface area (Å²) in [4.78, 5) is 24.3. The lowest BCUT2D eigenvalue weighted by atomic mass is 10.0. The van der Waals surface area contributed by atoms with Gasteiger partial charge in [-0.05, 0) is 77.0 Å². The van der Waals surface area contributed by atoms with Gasteiger partial charge in [-0.25, -0.2) is 0 Å². The van der Waals surface area contributed by atoms with E-state index in [1.807, 2.05) is 0 Å². The molecule has 0 aromatic carbocycles. The fraction of sp³-hybridized carbons (Fsp3) is 0.860. The van der Waals surface area contributed by atoms with Crippen molar-refractivity contribution < 1.29 is 24.5 Å². The minimum absolute atomic E-state index is 0.0427. The van der Waals surface area contributed by atoms with Crippen molar-refractivity contribution in [2.24, 2.45) is 0 Å². The summed E-state index contributed by atoms with van der Waals surface area (Å²) in [6.45, 7) is 4.80. The Kier molecular flexibility index (Phi) is 37.8. The first-order valence-corrected chi connectivity index (χ1v) is 21.1. The lowest BCUT2D eigenvalue weighted by Crippen LogP contribution is -2.45. The van der Waals surface area contributed by atoms with Crippen LogP contribution in [0.25, 0.3) is 0 Å². The van der Waals surface area contributed by atoms with E-state index >= 15 is 0 Å². The van der Waals surface area contributed by atoms with E-state index in [4.69, 9.17) is 4.74 Å². The molecule has 0 spiro atoms. The molecule has 0 rings (SSSR count). The summed E-state index contributed by atoms with van der Waals surface area (Å²) < 4.78 is 5.40. The highest BCUT2D eigenvalue weighted by atomic mass is 16.5. The van der Waals surface area contributed by atoms with Crippen molar-refractivity contribution in [2.75, 3.05) is 13.2 Å². The lowest BCUT2D eigenvalue weighted by molar-refractivity contribution is -0.143. The molecular formula is C43H81NO5. The highest BCUT2D eigenvalue weighted by Crippen LogP contribution is 2.14. The molecule has 0 aliphatic rings. The Morgan fingerprint density at radius 2 is 0.959 bits per heavy atom. The average Bonchev–Trinajstić information content (AvgIpc) is 3.10. The van der Waals surface area contributed by atoms with E-state index in [2.05, 4.69) is 43.5 Å². The van der Waals surface area contributed by atoms with Crippen molar-refractivity contribution in [1.29, 1.82) is 0 Å². The summed E-state index contributed by atoms with van der Waals surface area (Å²) in [7, 11) is 0. The van der Waals surface area contributed by atoms with E-state index in [9.17, 15) is 19.8 Å². The second-order valence-electron chi connectivity index (χ2n) is 14.3. The summed E-state index contributed by atoms with van der Waals surface area (Å²) in [5.74, 6) is -0.111.